The van der Waals surface area contributed by atoms with Crippen molar-refractivity contribution in [3.8, 4) is 29.1 Å². The summed E-state index contributed by atoms with van der Waals surface area (Å²) in [5.41, 5.74) is 1.31. The predicted molar refractivity (Wildman–Crippen MR) is 363 cm³/mol. The van der Waals surface area contributed by atoms with E-state index < -0.39 is 190 Å². The van der Waals surface area contributed by atoms with Gasteiger partial charge in [0.15, 0.2) is 49.2 Å². The standard InChI is InChI=1S/C72H110O34/c1-75-31-42-49-55(81-7)61(87-13)67(95-42)102-50-43(32-76-2)97-69(63(89-15)56(50)82-8)104-52-45(34-78-4)99-71(65(91-17)58(52)84-10)106-54-47(36-94-40-28-25-38(30-41(40)80-6)22-21-37-23-26-39(27-24-37)93-29-19-20-48(73)74)100-72(66(92-18)60(54)86-12)105-53-46(35-79-5)98-70(64(90-16)59(53)85-11)103-51-44(33-77-3)96-68(101-49)62(88-14)57(51)83-9/h23-28,30,42-47,49-72H,19-20,29,31-36H2,1-18H3,(H,73,74)/t42-,43-,44-,45-,46-,47-,49+,50+,51+,52+,53+,54+,55-,56-,57-,58-,59-,60-,61-,62-,63-,64-,65-,66-,67-,68-,69-,70-,71-,72-/m1/s1. The molecule has 34 nitrogen and oxygen atoms in total. The number of benzene rings is 2. The number of aliphatic carboxylic acids is 1. The van der Waals surface area contributed by atoms with Gasteiger partial charge in [-0.1, -0.05) is 11.8 Å². The maximum Gasteiger partial charge on any atom is 0.303 e. The second-order valence-corrected chi connectivity index (χ2v) is 25.8. The monoisotopic (exact) mass is 1520 g/mol. The van der Waals surface area contributed by atoms with E-state index in [2.05, 4.69) is 11.8 Å². The smallest absolute Gasteiger partial charge is 0.303 e. The van der Waals surface area contributed by atoms with E-state index in [0.717, 1.165) is 0 Å². The molecule has 1 N–H and O–H groups in total. The third-order valence-corrected chi connectivity index (χ3v) is 19.8. The zero-order chi connectivity index (χ0) is 76.1. The summed E-state index contributed by atoms with van der Waals surface area (Å²) in [6.07, 6.45) is -31.7. The van der Waals surface area contributed by atoms with Crippen molar-refractivity contribution in [2.45, 2.75) is 197 Å². The fourth-order valence-corrected chi connectivity index (χ4v) is 14.8. The third kappa shape index (κ3) is 19.9. The van der Waals surface area contributed by atoms with Crippen LogP contribution in [0, 0.1) is 11.8 Å². The molecule has 0 unspecified atom stereocenters. The fourth-order valence-electron chi connectivity index (χ4n) is 14.8. The van der Waals surface area contributed by atoms with Crippen LogP contribution in [0.2, 0.25) is 0 Å². The summed E-state index contributed by atoms with van der Waals surface area (Å²) in [5, 5.41) is 9.01. The Morgan fingerprint density at radius 3 is 0.840 bits per heavy atom. The minimum absolute atomic E-state index is 0.00896. The Balaban J connectivity index is 1.12. The van der Waals surface area contributed by atoms with E-state index in [1.165, 1.54) is 128 Å². The summed E-state index contributed by atoms with van der Waals surface area (Å²) in [7, 11) is 27.1. The highest BCUT2D eigenvalue weighted by molar-refractivity contribution is 5.66. The normalized spacial score (nSPS) is 38.6. The maximum atomic E-state index is 11.0. The van der Waals surface area contributed by atoms with Crippen molar-refractivity contribution < 1.29 is 161 Å². The predicted octanol–water partition coefficient (Wildman–Crippen LogP) is 1.80. The highest BCUT2D eigenvalue weighted by Crippen LogP contribution is 2.43. The van der Waals surface area contributed by atoms with Gasteiger partial charge >= 0.3 is 5.97 Å². The van der Waals surface area contributed by atoms with Crippen molar-refractivity contribution in [3.05, 3.63) is 53.6 Å². The van der Waals surface area contributed by atoms with Gasteiger partial charge < -0.3 is 157 Å². The lowest BCUT2D eigenvalue weighted by atomic mass is 9.94. The van der Waals surface area contributed by atoms with Crippen molar-refractivity contribution in [2.24, 2.45) is 0 Å². The molecule has 602 valence electrons. The highest BCUT2D eigenvalue weighted by Gasteiger charge is 2.61. The van der Waals surface area contributed by atoms with Gasteiger partial charge in [0.1, 0.15) is 159 Å². The van der Waals surface area contributed by atoms with Crippen LogP contribution in [0.3, 0.4) is 0 Å². The van der Waals surface area contributed by atoms with Gasteiger partial charge in [-0.25, -0.2) is 0 Å². The molecule has 22 aliphatic heterocycles. The van der Waals surface area contributed by atoms with Crippen LogP contribution in [0.4, 0.5) is 0 Å². The molecule has 0 saturated carbocycles. The topological polar surface area (TPSA) is 333 Å². The summed E-state index contributed by atoms with van der Waals surface area (Å²) in [5.74, 6) is 6.71. The number of methoxy groups -OCH3 is 18. The molecule has 2 aromatic carbocycles. The quantitative estimate of drug-likeness (QED) is 0.0831. The molecule has 22 fully saturated rings. The molecule has 24 rings (SSSR count). The fraction of sp³-hybridized carbons (Fsp3) is 0.792. The van der Waals surface area contributed by atoms with Gasteiger partial charge in [-0.05, 0) is 48.9 Å². The zero-order valence-electron chi connectivity index (χ0n) is 63.6. The summed E-state index contributed by atoms with van der Waals surface area (Å²) < 4.78 is 208. The summed E-state index contributed by atoms with van der Waals surface area (Å²) >= 11 is 0. The SMILES string of the molecule is COC[C@H]1O[C@@H]2O[C@@H]3[C@@H](OC)[C@@H](OC)[C@@H](O[C@@H]4[C@@H](OC)[C@@H](OC)[C@@H](O[C@@H]5[C@@H](OC)[C@@H](OC)[C@@H](O[C@@H]6[C@@H](OC)[C@@H](OC)[C@@H](O[C@@H]7[C@@H](OC)[C@@H](OC)[C@@H](O[C@@H]1[C@@H](OC)[C@H]2OC)O[C@@H]7COC)O[C@@H]6COC)O[C@@H]5COc1ccc(C#Cc2ccc(OCCCC(=O)O)cc2)cc1OC)O[C@@H]4COC)O[C@@H]3COC. The second-order valence-electron chi connectivity index (χ2n) is 25.8. The second kappa shape index (κ2) is 42.4. The van der Waals surface area contributed by atoms with E-state index in [4.69, 9.17) is 157 Å². The average Bonchev–Trinajstić information content (AvgIpc) is 0.759. The van der Waals surface area contributed by atoms with Gasteiger partial charge in [-0.15, -0.1) is 0 Å². The van der Waals surface area contributed by atoms with Crippen LogP contribution in [0.25, 0.3) is 0 Å². The van der Waals surface area contributed by atoms with Gasteiger partial charge in [-0.3, -0.25) is 4.79 Å². The zero-order valence-corrected chi connectivity index (χ0v) is 63.6. The van der Waals surface area contributed by atoms with Crippen molar-refractivity contribution in [2.75, 3.05) is 174 Å². The van der Waals surface area contributed by atoms with Gasteiger partial charge in [0.2, 0.25) is 0 Å². The average molecular weight is 1520 g/mol. The summed E-state index contributed by atoms with van der Waals surface area (Å²) in [6.45, 7) is -0.261. The Bertz CT molecular complexity index is 2940. The van der Waals surface area contributed by atoms with Gasteiger partial charge in [0.05, 0.1) is 46.8 Å². The molecular weight excluding hydrogens is 1410 g/mol. The number of carbonyl (C=O) groups is 1. The lowest BCUT2D eigenvalue weighted by Gasteiger charge is -2.53. The number of carboxylic acid groups (broad SMARTS) is 1. The van der Waals surface area contributed by atoms with E-state index in [-0.39, 0.29) is 52.7 Å². The molecule has 0 spiro atoms. The van der Waals surface area contributed by atoms with Crippen molar-refractivity contribution in [3.63, 3.8) is 0 Å². The number of rotatable bonds is 31. The Morgan fingerprint density at radius 2 is 0.585 bits per heavy atom. The molecule has 34 heteroatoms. The van der Waals surface area contributed by atoms with Crippen molar-refractivity contribution in [1.29, 1.82) is 0 Å². The Hall–Kier alpha value is -4.29. The van der Waals surface area contributed by atoms with Crippen LogP contribution in [0.5, 0.6) is 17.2 Å². The molecule has 30 atom stereocenters. The number of hydrogen-bond acceptors (Lipinski definition) is 33. The minimum Gasteiger partial charge on any atom is -0.494 e. The lowest BCUT2D eigenvalue weighted by Crippen LogP contribution is -2.70. The van der Waals surface area contributed by atoms with Crippen LogP contribution in [0.1, 0.15) is 24.0 Å². The molecule has 2 aromatic rings. The molecule has 22 saturated heterocycles. The van der Waals surface area contributed by atoms with Crippen LogP contribution in [-0.4, -0.2) is 370 Å². The molecule has 22 aliphatic rings. The number of ether oxygens (including phenoxy) is 32. The lowest BCUT2D eigenvalue weighted by molar-refractivity contribution is -0.409. The number of carboxylic acids is 1. The van der Waals surface area contributed by atoms with Crippen LogP contribution in [0.15, 0.2) is 42.5 Å². The first-order valence-electron chi connectivity index (χ1n) is 35.0. The molecule has 0 amide bonds. The first kappa shape index (κ1) is 85.7. The van der Waals surface area contributed by atoms with E-state index in [1.807, 2.05) is 12.1 Å². The van der Waals surface area contributed by atoms with Crippen LogP contribution < -0.4 is 14.2 Å². The molecule has 0 aromatic heterocycles. The molecule has 0 radical (unpaired) electrons. The highest BCUT2D eigenvalue weighted by atomic mass is 16.8. The van der Waals surface area contributed by atoms with E-state index >= 15 is 0 Å². The van der Waals surface area contributed by atoms with Crippen LogP contribution >= 0.6 is 0 Å². The first-order chi connectivity index (χ1) is 51.6. The molecule has 22 heterocycles. The maximum absolute atomic E-state index is 11.0. The van der Waals surface area contributed by atoms with Gasteiger partial charge in [0.25, 0.3) is 0 Å². The summed E-state index contributed by atoms with van der Waals surface area (Å²) in [6, 6.07) is 12.4. The van der Waals surface area contributed by atoms with E-state index in [0.29, 0.717) is 34.8 Å². The van der Waals surface area contributed by atoms with E-state index in [1.54, 1.807) is 30.3 Å². The minimum atomic E-state index is -1.33. The van der Waals surface area contributed by atoms with E-state index in [9.17, 15) is 4.79 Å². The Kier molecular flexibility index (Phi) is 34.3. The Labute approximate surface area is 619 Å². The largest absolute Gasteiger partial charge is 0.494 e. The molecule has 106 heavy (non-hydrogen) atoms. The molecule has 12 bridgehead atoms. The van der Waals surface area contributed by atoms with Crippen molar-refractivity contribution >= 4 is 5.97 Å². The summed E-state index contributed by atoms with van der Waals surface area (Å²) in [4.78, 5) is 11.0. The Morgan fingerprint density at radius 1 is 0.321 bits per heavy atom. The van der Waals surface area contributed by atoms with Crippen LogP contribution in [-0.2, 0) is 142 Å². The third-order valence-electron chi connectivity index (χ3n) is 19.8. The molecular formula is C72H110O34. The molecule has 0 aliphatic carbocycles. The van der Waals surface area contributed by atoms with Gasteiger partial charge in [0, 0.05) is 138 Å². The van der Waals surface area contributed by atoms with Crippen molar-refractivity contribution in [1.82, 2.24) is 0 Å². The van der Waals surface area contributed by atoms with Gasteiger partial charge in [-0.2, -0.15) is 0 Å². The number of hydrogen-bond donors (Lipinski definition) is 1. The first-order valence-corrected chi connectivity index (χ1v) is 35.0.